The van der Waals surface area contributed by atoms with Crippen molar-refractivity contribution in [1.82, 2.24) is 4.57 Å². The van der Waals surface area contributed by atoms with Gasteiger partial charge in [0.1, 0.15) is 11.5 Å². The number of benzene rings is 9. The first-order chi connectivity index (χ1) is 27.7. The van der Waals surface area contributed by atoms with Crippen LogP contribution in [0.15, 0.2) is 194 Å². The number of ether oxygens (including phenoxy) is 2. The van der Waals surface area contributed by atoms with Crippen LogP contribution in [0.5, 0.6) is 11.5 Å². The van der Waals surface area contributed by atoms with Gasteiger partial charge in [0.05, 0.1) is 30.9 Å². The standard InChI is InChI=1S/C52H38N2O2/c1-55-40-31-23-35(24-32-40)50-44-17-6-7-18-45(44)51(36-25-33-41(56-2)34-26-36)52-46(50)19-12-22-49(52)53(37-13-4-3-5-14-37)38-27-29-39(30-28-38)54-47-20-10-8-15-42(47)43-16-9-11-21-48(43)54/h3-34H,1-2H3. The minimum Gasteiger partial charge on any atom is -0.497 e. The van der Waals surface area contributed by atoms with Gasteiger partial charge in [0.15, 0.2) is 0 Å². The van der Waals surface area contributed by atoms with Gasteiger partial charge in [-0.25, -0.2) is 0 Å². The molecule has 0 aliphatic rings. The van der Waals surface area contributed by atoms with Crippen LogP contribution in [-0.4, -0.2) is 18.8 Å². The third kappa shape index (κ3) is 5.46. The number of hydrogen-bond acceptors (Lipinski definition) is 3. The van der Waals surface area contributed by atoms with Crippen LogP contribution < -0.4 is 14.4 Å². The summed E-state index contributed by atoms with van der Waals surface area (Å²) in [4.78, 5) is 2.40. The third-order valence-electron chi connectivity index (χ3n) is 11.0. The van der Waals surface area contributed by atoms with Gasteiger partial charge in [-0.2, -0.15) is 0 Å². The number of anilines is 3. The average Bonchev–Trinajstić information content (AvgIpc) is 3.61. The van der Waals surface area contributed by atoms with Crippen molar-refractivity contribution in [2.45, 2.75) is 0 Å². The van der Waals surface area contributed by atoms with Crippen LogP contribution in [0.2, 0.25) is 0 Å². The lowest BCUT2D eigenvalue weighted by atomic mass is 9.85. The van der Waals surface area contributed by atoms with Crippen molar-refractivity contribution in [3.63, 3.8) is 0 Å². The molecule has 0 N–H and O–H groups in total. The van der Waals surface area contributed by atoms with Crippen LogP contribution in [0.1, 0.15) is 0 Å². The summed E-state index contributed by atoms with van der Waals surface area (Å²) in [7, 11) is 3.43. The lowest BCUT2D eigenvalue weighted by Gasteiger charge is -2.29. The largest absolute Gasteiger partial charge is 0.497 e. The van der Waals surface area contributed by atoms with Gasteiger partial charge >= 0.3 is 0 Å². The second kappa shape index (κ2) is 13.8. The van der Waals surface area contributed by atoms with E-state index in [2.05, 4.69) is 191 Å². The van der Waals surface area contributed by atoms with Gasteiger partial charge in [-0.1, -0.05) is 115 Å². The molecule has 0 amide bonds. The first kappa shape index (κ1) is 33.3. The van der Waals surface area contributed by atoms with Crippen molar-refractivity contribution in [2.24, 2.45) is 0 Å². The number of rotatable bonds is 8. The second-order valence-corrected chi connectivity index (χ2v) is 14.0. The van der Waals surface area contributed by atoms with E-state index in [4.69, 9.17) is 9.47 Å². The molecule has 0 saturated carbocycles. The van der Waals surface area contributed by atoms with E-state index in [1.807, 2.05) is 12.1 Å². The molecule has 0 radical (unpaired) electrons. The summed E-state index contributed by atoms with van der Waals surface area (Å²) in [6.45, 7) is 0. The Bertz CT molecular complexity index is 2970. The van der Waals surface area contributed by atoms with Crippen molar-refractivity contribution in [3.8, 4) is 39.4 Å². The van der Waals surface area contributed by atoms with Gasteiger partial charge in [-0.05, 0) is 117 Å². The summed E-state index contributed by atoms with van der Waals surface area (Å²) in [5, 5.41) is 7.20. The molecule has 0 spiro atoms. The Morgan fingerprint density at radius 3 is 1.41 bits per heavy atom. The lowest BCUT2D eigenvalue weighted by molar-refractivity contribution is 0.415. The minimum atomic E-state index is 0.826. The Balaban J connectivity index is 1.26. The van der Waals surface area contributed by atoms with E-state index in [0.29, 0.717) is 0 Å². The predicted molar refractivity (Wildman–Crippen MR) is 234 cm³/mol. The van der Waals surface area contributed by atoms with E-state index in [9.17, 15) is 0 Å². The Kier molecular flexibility index (Phi) is 8.23. The monoisotopic (exact) mass is 722 g/mol. The smallest absolute Gasteiger partial charge is 0.118 e. The van der Waals surface area contributed by atoms with E-state index in [0.717, 1.165) is 50.8 Å². The quantitative estimate of drug-likeness (QED) is 0.146. The summed E-state index contributed by atoms with van der Waals surface area (Å²) >= 11 is 0. The van der Waals surface area contributed by atoms with Crippen molar-refractivity contribution in [1.29, 1.82) is 0 Å². The Morgan fingerprint density at radius 2 is 0.839 bits per heavy atom. The molecule has 0 bridgehead atoms. The van der Waals surface area contributed by atoms with Crippen molar-refractivity contribution in [2.75, 3.05) is 19.1 Å². The minimum absolute atomic E-state index is 0.826. The van der Waals surface area contributed by atoms with Crippen LogP contribution in [-0.2, 0) is 0 Å². The first-order valence-electron chi connectivity index (χ1n) is 18.9. The summed E-state index contributed by atoms with van der Waals surface area (Å²) in [6, 6.07) is 69.4. The summed E-state index contributed by atoms with van der Waals surface area (Å²) in [6.07, 6.45) is 0. The van der Waals surface area contributed by atoms with Crippen LogP contribution in [0.25, 0.3) is 71.3 Å². The number of para-hydroxylation sites is 3. The average molecular weight is 723 g/mol. The Labute approximate surface area is 326 Å². The zero-order chi connectivity index (χ0) is 37.6. The van der Waals surface area contributed by atoms with E-state index in [1.165, 1.54) is 49.1 Å². The van der Waals surface area contributed by atoms with E-state index in [-0.39, 0.29) is 0 Å². The van der Waals surface area contributed by atoms with Crippen molar-refractivity contribution < 1.29 is 9.47 Å². The molecule has 0 fully saturated rings. The molecule has 10 aromatic rings. The summed E-state index contributed by atoms with van der Waals surface area (Å²) in [5.74, 6) is 1.66. The molecule has 9 aromatic carbocycles. The second-order valence-electron chi connectivity index (χ2n) is 14.0. The molecule has 0 unspecified atom stereocenters. The van der Waals surface area contributed by atoms with Crippen LogP contribution >= 0.6 is 0 Å². The lowest BCUT2D eigenvalue weighted by Crippen LogP contribution is -2.11. The molecular formula is C52H38N2O2. The highest BCUT2D eigenvalue weighted by atomic mass is 16.5. The number of methoxy groups -OCH3 is 2. The SMILES string of the molecule is COc1ccc(-c2c3ccccc3c(-c3ccc(OC)cc3)c3c(N(c4ccccc4)c4ccc(-n5c6ccccc6c6ccccc65)cc4)cccc23)cc1. The highest BCUT2D eigenvalue weighted by molar-refractivity contribution is 6.25. The number of aromatic nitrogens is 1. The predicted octanol–water partition coefficient (Wildman–Crippen LogP) is 13.9. The molecule has 10 rings (SSSR count). The maximum atomic E-state index is 5.62. The molecule has 0 atom stereocenters. The highest BCUT2D eigenvalue weighted by Gasteiger charge is 2.23. The van der Waals surface area contributed by atoms with Gasteiger partial charge in [0.25, 0.3) is 0 Å². The van der Waals surface area contributed by atoms with Crippen LogP contribution in [0, 0.1) is 0 Å². The summed E-state index contributed by atoms with van der Waals surface area (Å²) < 4.78 is 13.6. The molecule has 0 aliphatic carbocycles. The number of fused-ring (bicyclic) bond motifs is 5. The van der Waals surface area contributed by atoms with Crippen molar-refractivity contribution in [3.05, 3.63) is 194 Å². The first-order valence-corrected chi connectivity index (χ1v) is 18.9. The Hall–Kier alpha value is -7.30. The fourth-order valence-electron chi connectivity index (χ4n) is 8.48. The molecule has 56 heavy (non-hydrogen) atoms. The topological polar surface area (TPSA) is 26.6 Å². The molecule has 4 heteroatoms. The number of nitrogens with zero attached hydrogens (tertiary/aromatic N) is 2. The highest BCUT2D eigenvalue weighted by Crippen LogP contribution is 2.50. The van der Waals surface area contributed by atoms with E-state index in [1.54, 1.807) is 14.2 Å². The summed E-state index contributed by atoms with van der Waals surface area (Å²) in [5.41, 5.74) is 11.3. The van der Waals surface area contributed by atoms with E-state index >= 15 is 0 Å². The van der Waals surface area contributed by atoms with Crippen LogP contribution in [0.3, 0.4) is 0 Å². The molecule has 4 nitrogen and oxygen atoms in total. The number of hydrogen-bond donors (Lipinski definition) is 0. The van der Waals surface area contributed by atoms with Gasteiger partial charge in [-0.15, -0.1) is 0 Å². The molecular weight excluding hydrogens is 685 g/mol. The fraction of sp³-hybridized carbons (Fsp3) is 0.0385. The molecule has 0 saturated heterocycles. The molecule has 1 heterocycles. The molecule has 1 aromatic heterocycles. The van der Waals surface area contributed by atoms with E-state index < -0.39 is 0 Å². The third-order valence-corrected chi connectivity index (χ3v) is 11.0. The zero-order valence-corrected chi connectivity index (χ0v) is 31.2. The van der Waals surface area contributed by atoms with Gasteiger partial charge in [0.2, 0.25) is 0 Å². The van der Waals surface area contributed by atoms with Gasteiger partial charge in [-0.3, -0.25) is 0 Å². The maximum Gasteiger partial charge on any atom is 0.118 e. The van der Waals surface area contributed by atoms with Gasteiger partial charge < -0.3 is 18.9 Å². The van der Waals surface area contributed by atoms with Gasteiger partial charge in [0, 0.05) is 33.2 Å². The van der Waals surface area contributed by atoms with Crippen LogP contribution in [0.4, 0.5) is 17.1 Å². The molecule has 268 valence electrons. The maximum absolute atomic E-state index is 5.62. The van der Waals surface area contributed by atoms with Crippen molar-refractivity contribution >= 4 is 60.4 Å². The normalized spacial score (nSPS) is 11.4. The Morgan fingerprint density at radius 1 is 0.375 bits per heavy atom. The zero-order valence-electron chi connectivity index (χ0n) is 31.2. The fourth-order valence-corrected chi connectivity index (χ4v) is 8.48. The molecule has 0 aliphatic heterocycles.